The highest BCUT2D eigenvalue weighted by Crippen LogP contribution is 2.27. The van der Waals surface area contributed by atoms with Gasteiger partial charge in [0.25, 0.3) is 5.89 Å². The molecule has 37 heavy (non-hydrogen) atoms. The van der Waals surface area contributed by atoms with Gasteiger partial charge in [-0.25, -0.2) is 4.98 Å². The lowest BCUT2D eigenvalue weighted by Gasteiger charge is -2.25. The summed E-state index contributed by atoms with van der Waals surface area (Å²) in [6.45, 7) is 4.76. The normalized spacial score (nSPS) is 12.7. The molecule has 0 radical (unpaired) electrons. The second-order valence-electron chi connectivity index (χ2n) is 9.09. The summed E-state index contributed by atoms with van der Waals surface area (Å²) in [5, 5.41) is 19.7. The van der Waals surface area contributed by atoms with E-state index >= 15 is 0 Å². The first-order chi connectivity index (χ1) is 17.8. The van der Waals surface area contributed by atoms with E-state index in [9.17, 15) is 4.79 Å². The van der Waals surface area contributed by atoms with Gasteiger partial charge in [-0.3, -0.25) is 4.79 Å². The van der Waals surface area contributed by atoms with Crippen molar-refractivity contribution in [3.05, 3.63) is 77.3 Å². The number of amides is 1. The number of benzene rings is 2. The fraction of sp³-hybridized carbons (Fsp3) is 0.296. The zero-order chi connectivity index (χ0) is 26.4. The topological polar surface area (TPSA) is 143 Å². The third-order valence-electron chi connectivity index (χ3n) is 5.86. The molecule has 192 valence electrons. The van der Waals surface area contributed by atoms with E-state index in [2.05, 4.69) is 25.5 Å². The standard InChI is InChI=1S/C19H21N7O2.C8H10O/c1-10(2)17-24-25-18(28-17)14-8-21-19(23-16(14)20)22-13-5-4-11-7-15(27)26(3)9-12(11)6-13;9-7-6-8-4-2-1-3-5-8/h4-6,8,10H,7,9H2,1-3H3,(H3,20,21,22,23);1-5,9H,6-7H2. The van der Waals surface area contributed by atoms with Crippen LogP contribution in [-0.4, -0.2) is 49.7 Å². The van der Waals surface area contributed by atoms with Crippen LogP contribution in [0.15, 0.2) is 59.1 Å². The van der Waals surface area contributed by atoms with Crippen molar-refractivity contribution in [3.8, 4) is 11.5 Å². The first kappa shape index (κ1) is 25.8. The van der Waals surface area contributed by atoms with Gasteiger partial charge < -0.3 is 25.5 Å². The zero-order valence-corrected chi connectivity index (χ0v) is 21.2. The van der Waals surface area contributed by atoms with Crippen molar-refractivity contribution in [2.24, 2.45) is 0 Å². The van der Waals surface area contributed by atoms with Crippen LogP contribution in [0.1, 0.15) is 42.3 Å². The molecule has 4 N–H and O–H groups in total. The van der Waals surface area contributed by atoms with Crippen molar-refractivity contribution in [2.45, 2.75) is 39.2 Å². The lowest BCUT2D eigenvalue weighted by Crippen LogP contribution is -2.32. The number of aliphatic hydroxyl groups excluding tert-OH is 1. The first-order valence-corrected chi connectivity index (χ1v) is 12.1. The fourth-order valence-corrected chi connectivity index (χ4v) is 3.76. The second-order valence-corrected chi connectivity index (χ2v) is 9.09. The summed E-state index contributed by atoms with van der Waals surface area (Å²) in [6, 6.07) is 15.8. The molecule has 0 unspecified atom stereocenters. The molecular weight excluding hydrogens is 470 g/mol. The molecule has 5 rings (SSSR count). The number of hydrogen-bond acceptors (Lipinski definition) is 9. The van der Waals surface area contributed by atoms with Crippen molar-refractivity contribution in [3.63, 3.8) is 0 Å². The van der Waals surface area contributed by atoms with Gasteiger partial charge in [-0.1, -0.05) is 50.2 Å². The van der Waals surface area contributed by atoms with Gasteiger partial charge in [0.2, 0.25) is 17.7 Å². The van der Waals surface area contributed by atoms with Crippen LogP contribution < -0.4 is 11.1 Å². The number of carbonyl (C=O) groups is 1. The van der Waals surface area contributed by atoms with Gasteiger partial charge in [-0.05, 0) is 35.2 Å². The van der Waals surface area contributed by atoms with E-state index in [1.165, 1.54) is 5.56 Å². The molecule has 0 spiro atoms. The van der Waals surface area contributed by atoms with Gasteiger partial charge in [-0.2, -0.15) is 4.98 Å². The van der Waals surface area contributed by atoms with Crippen LogP contribution >= 0.6 is 0 Å². The van der Waals surface area contributed by atoms with Gasteiger partial charge in [0, 0.05) is 38.0 Å². The Kier molecular flexibility index (Phi) is 8.09. The molecule has 10 heteroatoms. The third kappa shape index (κ3) is 6.47. The van der Waals surface area contributed by atoms with Gasteiger partial charge in [0.05, 0.1) is 12.0 Å². The van der Waals surface area contributed by atoms with Crippen molar-refractivity contribution >= 4 is 23.4 Å². The lowest BCUT2D eigenvalue weighted by atomic mass is 9.99. The molecule has 10 nitrogen and oxygen atoms in total. The Morgan fingerprint density at radius 3 is 2.59 bits per heavy atom. The van der Waals surface area contributed by atoms with E-state index in [0.29, 0.717) is 36.3 Å². The van der Waals surface area contributed by atoms with Crippen molar-refractivity contribution in [1.82, 2.24) is 25.1 Å². The molecule has 0 atom stereocenters. The van der Waals surface area contributed by atoms with Gasteiger partial charge in [0.1, 0.15) is 5.82 Å². The molecule has 0 saturated carbocycles. The van der Waals surface area contributed by atoms with E-state index in [1.54, 1.807) is 18.1 Å². The van der Waals surface area contributed by atoms with Crippen LogP contribution in [0, 0.1) is 0 Å². The Bertz CT molecular complexity index is 1360. The summed E-state index contributed by atoms with van der Waals surface area (Å²) in [7, 11) is 1.80. The summed E-state index contributed by atoms with van der Waals surface area (Å²) in [5.41, 5.74) is 10.7. The van der Waals surface area contributed by atoms with Gasteiger partial charge in [-0.15, -0.1) is 10.2 Å². The molecule has 1 aliphatic heterocycles. The minimum Gasteiger partial charge on any atom is -0.420 e. The smallest absolute Gasteiger partial charge is 0.253 e. The number of rotatable bonds is 6. The number of aliphatic hydroxyl groups is 1. The summed E-state index contributed by atoms with van der Waals surface area (Å²) < 4.78 is 5.62. The molecule has 1 amide bonds. The SMILES string of the molecule is CC(C)c1nnc(-c2cnc(Nc3ccc4c(c3)CN(C)C(=O)C4)nc2N)o1.OCCc1ccccc1. The first-order valence-electron chi connectivity index (χ1n) is 12.1. The lowest BCUT2D eigenvalue weighted by molar-refractivity contribution is -0.130. The quantitative estimate of drug-likeness (QED) is 0.360. The second kappa shape index (κ2) is 11.6. The number of anilines is 3. The maximum absolute atomic E-state index is 11.8. The number of hydrogen-bond donors (Lipinski definition) is 3. The largest absolute Gasteiger partial charge is 0.420 e. The van der Waals surface area contributed by atoms with Crippen LogP contribution in [0.25, 0.3) is 11.5 Å². The van der Waals surface area contributed by atoms with E-state index in [1.807, 2.05) is 62.4 Å². The highest BCUT2D eigenvalue weighted by atomic mass is 16.4. The van der Waals surface area contributed by atoms with Crippen molar-refractivity contribution in [1.29, 1.82) is 0 Å². The molecule has 0 fully saturated rings. The Morgan fingerprint density at radius 2 is 1.92 bits per heavy atom. The van der Waals surface area contributed by atoms with Crippen LogP contribution in [0.3, 0.4) is 0 Å². The van der Waals surface area contributed by atoms with E-state index < -0.39 is 0 Å². The molecule has 2 aromatic heterocycles. The predicted octanol–water partition coefficient (Wildman–Crippen LogP) is 3.71. The van der Waals surface area contributed by atoms with E-state index in [4.69, 9.17) is 15.3 Å². The minimum absolute atomic E-state index is 0.126. The Morgan fingerprint density at radius 1 is 1.14 bits per heavy atom. The molecule has 1 aliphatic rings. The third-order valence-corrected chi connectivity index (χ3v) is 5.86. The van der Waals surface area contributed by atoms with Crippen LogP contribution in [0.4, 0.5) is 17.5 Å². The molecule has 4 aromatic rings. The maximum atomic E-state index is 11.8. The summed E-state index contributed by atoms with van der Waals surface area (Å²) in [5.74, 6) is 1.71. The number of nitrogens with zero attached hydrogens (tertiary/aromatic N) is 5. The average Bonchev–Trinajstić information content (AvgIpc) is 3.37. The Hall–Kier alpha value is -4.31. The number of fused-ring (bicyclic) bond motifs is 1. The van der Waals surface area contributed by atoms with Crippen LogP contribution in [0.2, 0.25) is 0 Å². The molecule has 3 heterocycles. The summed E-state index contributed by atoms with van der Waals surface area (Å²) in [6.07, 6.45) is 2.75. The van der Waals surface area contributed by atoms with Crippen LogP contribution in [-0.2, 0) is 24.2 Å². The maximum Gasteiger partial charge on any atom is 0.253 e. The van der Waals surface area contributed by atoms with Crippen LogP contribution in [0.5, 0.6) is 0 Å². The number of likely N-dealkylation sites (N-methyl/N-ethyl adjacent to an activating group) is 1. The molecule has 0 bridgehead atoms. The predicted molar refractivity (Wildman–Crippen MR) is 141 cm³/mol. The average molecular weight is 502 g/mol. The molecule has 0 aliphatic carbocycles. The van der Waals surface area contributed by atoms with Crippen molar-refractivity contribution < 1.29 is 14.3 Å². The number of aromatic nitrogens is 4. The number of nitrogens with one attached hydrogen (secondary N) is 1. The highest BCUT2D eigenvalue weighted by molar-refractivity contribution is 5.81. The molecular formula is C27H31N7O3. The molecule has 2 aromatic carbocycles. The Labute approximate surface area is 215 Å². The number of nitrogens with two attached hydrogens (primary N) is 1. The van der Waals surface area contributed by atoms with Gasteiger partial charge in [0.15, 0.2) is 0 Å². The Balaban J connectivity index is 0.000000301. The summed E-state index contributed by atoms with van der Waals surface area (Å²) >= 11 is 0. The van der Waals surface area contributed by atoms with E-state index in [0.717, 1.165) is 23.2 Å². The summed E-state index contributed by atoms with van der Waals surface area (Å²) in [4.78, 5) is 22.1. The number of carbonyl (C=O) groups excluding carboxylic acids is 1. The monoisotopic (exact) mass is 501 g/mol. The van der Waals surface area contributed by atoms with Crippen molar-refractivity contribution in [2.75, 3.05) is 24.7 Å². The molecule has 0 saturated heterocycles. The fourth-order valence-electron chi connectivity index (χ4n) is 3.76. The minimum atomic E-state index is 0.126. The number of nitrogen functional groups attached to an aromatic ring is 1. The van der Waals surface area contributed by atoms with Gasteiger partial charge >= 0.3 is 0 Å². The highest BCUT2D eigenvalue weighted by Gasteiger charge is 2.20. The zero-order valence-electron chi connectivity index (χ0n) is 21.2. The van der Waals surface area contributed by atoms with E-state index in [-0.39, 0.29) is 24.2 Å².